The first-order chi connectivity index (χ1) is 13.0. The number of rotatable bonds is 4. The van der Waals surface area contributed by atoms with Crippen molar-refractivity contribution in [3.05, 3.63) is 53.8 Å². The molecule has 2 aromatic carbocycles. The number of likely N-dealkylation sites (tertiary alicyclic amines) is 1. The number of nitrogens with one attached hydrogen (secondary N) is 2. The van der Waals surface area contributed by atoms with Crippen molar-refractivity contribution in [2.45, 2.75) is 12.8 Å². The van der Waals surface area contributed by atoms with Crippen LogP contribution < -0.4 is 15.5 Å². The minimum atomic E-state index is -0.572. The number of benzene rings is 2. The maximum absolute atomic E-state index is 13.7. The van der Waals surface area contributed by atoms with E-state index in [9.17, 15) is 14.0 Å². The number of amides is 3. The van der Waals surface area contributed by atoms with E-state index in [0.29, 0.717) is 11.3 Å². The number of para-hydroxylation sites is 1. The van der Waals surface area contributed by atoms with Gasteiger partial charge in [0.2, 0.25) is 0 Å². The molecule has 0 radical (unpaired) electrons. The quantitative estimate of drug-likeness (QED) is 0.861. The molecule has 0 unspecified atom stereocenters. The van der Waals surface area contributed by atoms with E-state index < -0.39 is 11.8 Å². The first-order valence-electron chi connectivity index (χ1n) is 8.89. The van der Waals surface area contributed by atoms with Crippen LogP contribution in [0.15, 0.2) is 42.5 Å². The number of carbonyl (C=O) groups is 2. The zero-order chi connectivity index (χ0) is 19.4. The monoisotopic (exact) mass is 370 g/mol. The summed E-state index contributed by atoms with van der Waals surface area (Å²) in [6.07, 6.45) is 2.01. The Balaban J connectivity index is 1.79. The van der Waals surface area contributed by atoms with E-state index in [1.165, 1.54) is 12.1 Å². The molecule has 1 heterocycles. The van der Waals surface area contributed by atoms with Crippen molar-refractivity contribution in [2.24, 2.45) is 0 Å². The Labute approximate surface area is 158 Å². The van der Waals surface area contributed by atoms with E-state index in [0.717, 1.165) is 31.6 Å². The molecule has 7 heteroatoms. The lowest BCUT2D eigenvalue weighted by atomic mass is 10.1. The van der Waals surface area contributed by atoms with Crippen LogP contribution in [0.3, 0.4) is 0 Å². The van der Waals surface area contributed by atoms with Gasteiger partial charge in [-0.05, 0) is 43.2 Å². The van der Waals surface area contributed by atoms with E-state index in [4.69, 9.17) is 0 Å². The van der Waals surface area contributed by atoms with E-state index in [1.807, 2.05) is 23.9 Å². The maximum atomic E-state index is 13.7. The molecule has 1 fully saturated rings. The first kappa shape index (κ1) is 18.7. The van der Waals surface area contributed by atoms with Gasteiger partial charge < -0.3 is 20.4 Å². The molecule has 0 saturated carbocycles. The summed E-state index contributed by atoms with van der Waals surface area (Å²) >= 11 is 0. The number of anilines is 3. The van der Waals surface area contributed by atoms with Crippen LogP contribution >= 0.6 is 0 Å². The summed E-state index contributed by atoms with van der Waals surface area (Å²) in [5, 5.41) is 5.13. The molecule has 3 amide bonds. The van der Waals surface area contributed by atoms with Gasteiger partial charge in [-0.2, -0.15) is 0 Å². The van der Waals surface area contributed by atoms with E-state index in [2.05, 4.69) is 10.6 Å². The lowest BCUT2D eigenvalue weighted by molar-refractivity contribution is 0.0793. The third-order valence-electron chi connectivity index (χ3n) is 4.48. The minimum Gasteiger partial charge on any atom is -0.377 e. The molecule has 0 aliphatic carbocycles. The molecule has 1 aliphatic rings. The molecule has 0 bridgehead atoms. The second kappa shape index (κ2) is 8.07. The molecule has 0 spiro atoms. The van der Waals surface area contributed by atoms with Crippen molar-refractivity contribution in [1.29, 1.82) is 0 Å². The summed E-state index contributed by atoms with van der Waals surface area (Å²) in [7, 11) is 3.74. The summed E-state index contributed by atoms with van der Waals surface area (Å²) in [6, 6.07) is 10.5. The van der Waals surface area contributed by atoms with Crippen LogP contribution in [-0.2, 0) is 0 Å². The average molecular weight is 370 g/mol. The van der Waals surface area contributed by atoms with Crippen LogP contribution in [-0.4, -0.2) is 44.0 Å². The van der Waals surface area contributed by atoms with Gasteiger partial charge in [0.1, 0.15) is 5.82 Å². The van der Waals surface area contributed by atoms with Gasteiger partial charge in [-0.1, -0.05) is 12.1 Å². The Kier molecular flexibility index (Phi) is 5.59. The van der Waals surface area contributed by atoms with Gasteiger partial charge >= 0.3 is 6.03 Å². The molecule has 27 heavy (non-hydrogen) atoms. The van der Waals surface area contributed by atoms with Crippen LogP contribution in [0, 0.1) is 5.82 Å². The number of hydrogen-bond donors (Lipinski definition) is 2. The van der Waals surface area contributed by atoms with Crippen molar-refractivity contribution in [1.82, 2.24) is 4.90 Å². The molecule has 2 aromatic rings. The molecular formula is C20H23FN4O2. The fourth-order valence-corrected chi connectivity index (χ4v) is 3.11. The third kappa shape index (κ3) is 4.36. The molecule has 3 rings (SSSR count). The Morgan fingerprint density at radius 3 is 2.41 bits per heavy atom. The fourth-order valence-electron chi connectivity index (χ4n) is 3.11. The second-order valence-electron chi connectivity index (χ2n) is 6.68. The van der Waals surface area contributed by atoms with E-state index in [-0.39, 0.29) is 11.6 Å². The zero-order valence-corrected chi connectivity index (χ0v) is 15.5. The Bertz CT molecular complexity index is 848. The van der Waals surface area contributed by atoms with E-state index >= 15 is 0 Å². The maximum Gasteiger partial charge on any atom is 0.323 e. The highest BCUT2D eigenvalue weighted by Crippen LogP contribution is 2.26. The molecule has 0 atom stereocenters. The molecule has 142 valence electrons. The van der Waals surface area contributed by atoms with Crippen molar-refractivity contribution in [3.63, 3.8) is 0 Å². The highest BCUT2D eigenvalue weighted by molar-refractivity contribution is 6.04. The molecule has 6 nitrogen and oxygen atoms in total. The van der Waals surface area contributed by atoms with Crippen LogP contribution in [0.1, 0.15) is 23.2 Å². The number of nitrogens with zero attached hydrogens (tertiary/aromatic N) is 2. The van der Waals surface area contributed by atoms with Crippen molar-refractivity contribution in [3.8, 4) is 0 Å². The lowest BCUT2D eigenvalue weighted by Gasteiger charge is -2.22. The smallest absolute Gasteiger partial charge is 0.323 e. The summed E-state index contributed by atoms with van der Waals surface area (Å²) in [5.74, 6) is -0.560. The minimum absolute atomic E-state index is 0.0469. The third-order valence-corrected chi connectivity index (χ3v) is 4.48. The fraction of sp³-hybridized carbons (Fsp3) is 0.300. The van der Waals surface area contributed by atoms with Crippen molar-refractivity contribution >= 4 is 29.0 Å². The molecule has 1 aliphatic heterocycles. The van der Waals surface area contributed by atoms with Gasteiger partial charge in [-0.3, -0.25) is 4.79 Å². The number of halogens is 1. The highest BCUT2D eigenvalue weighted by atomic mass is 19.1. The number of carbonyl (C=O) groups excluding carboxylic acids is 2. The summed E-state index contributed by atoms with van der Waals surface area (Å²) in [4.78, 5) is 28.8. The Morgan fingerprint density at radius 2 is 1.74 bits per heavy atom. The van der Waals surface area contributed by atoms with Crippen LogP contribution in [0.25, 0.3) is 0 Å². The number of hydrogen-bond acceptors (Lipinski definition) is 3. The standard InChI is InChI=1S/C20H23FN4O2/c1-24(2)18-10-9-14(13-15(18)19(26)25-11-5-6-12-25)22-20(27)23-17-8-4-3-7-16(17)21/h3-4,7-10,13H,5-6,11-12H2,1-2H3,(H2,22,23,27). The van der Waals surface area contributed by atoms with Gasteiger partial charge in [0.25, 0.3) is 5.91 Å². The second-order valence-corrected chi connectivity index (χ2v) is 6.68. The molecule has 1 saturated heterocycles. The zero-order valence-electron chi connectivity index (χ0n) is 15.5. The Morgan fingerprint density at radius 1 is 1.04 bits per heavy atom. The van der Waals surface area contributed by atoms with Crippen LogP contribution in [0.4, 0.5) is 26.2 Å². The SMILES string of the molecule is CN(C)c1ccc(NC(=O)Nc2ccccc2F)cc1C(=O)N1CCCC1. The van der Waals surface area contributed by atoms with Gasteiger partial charge in [-0.25, -0.2) is 9.18 Å². The predicted octanol–water partition coefficient (Wildman–Crippen LogP) is 3.77. The average Bonchev–Trinajstić information content (AvgIpc) is 3.17. The molecule has 2 N–H and O–H groups in total. The lowest BCUT2D eigenvalue weighted by Crippen LogP contribution is -2.29. The van der Waals surface area contributed by atoms with Crippen molar-refractivity contribution < 1.29 is 14.0 Å². The summed E-state index contributed by atoms with van der Waals surface area (Å²) < 4.78 is 13.7. The topological polar surface area (TPSA) is 64.7 Å². The van der Waals surface area contributed by atoms with Crippen LogP contribution in [0.5, 0.6) is 0 Å². The largest absolute Gasteiger partial charge is 0.377 e. The van der Waals surface area contributed by atoms with E-state index in [1.54, 1.807) is 30.3 Å². The van der Waals surface area contributed by atoms with Gasteiger partial charge in [0.05, 0.1) is 11.3 Å². The van der Waals surface area contributed by atoms with Crippen LogP contribution in [0.2, 0.25) is 0 Å². The molecular weight excluding hydrogens is 347 g/mol. The molecule has 0 aromatic heterocycles. The summed E-state index contributed by atoms with van der Waals surface area (Å²) in [6.45, 7) is 1.49. The van der Waals surface area contributed by atoms with Crippen molar-refractivity contribution in [2.75, 3.05) is 42.7 Å². The Hall–Kier alpha value is -3.09. The predicted molar refractivity (Wildman–Crippen MR) is 105 cm³/mol. The first-order valence-corrected chi connectivity index (χ1v) is 8.89. The normalized spacial score (nSPS) is 13.4. The van der Waals surface area contributed by atoms with Gasteiger partial charge in [0, 0.05) is 38.6 Å². The number of urea groups is 1. The van der Waals surface area contributed by atoms with Gasteiger partial charge in [-0.15, -0.1) is 0 Å². The highest BCUT2D eigenvalue weighted by Gasteiger charge is 2.23. The summed E-state index contributed by atoms with van der Waals surface area (Å²) in [5.41, 5.74) is 1.88. The van der Waals surface area contributed by atoms with Gasteiger partial charge in [0.15, 0.2) is 0 Å².